The average Bonchev–Trinajstić information content (AvgIpc) is 3.15. The summed E-state index contributed by atoms with van der Waals surface area (Å²) in [6.45, 7) is 8.14. The van der Waals surface area contributed by atoms with Crippen molar-refractivity contribution in [2.45, 2.75) is 219 Å². The number of esters is 3. The van der Waals surface area contributed by atoms with Crippen molar-refractivity contribution in [2.24, 2.45) is 0 Å². The van der Waals surface area contributed by atoms with Gasteiger partial charge in [0.15, 0.2) is 6.10 Å². The van der Waals surface area contributed by atoms with Gasteiger partial charge in [-0.25, -0.2) is 0 Å². The van der Waals surface area contributed by atoms with E-state index in [1.54, 1.807) is 0 Å². The van der Waals surface area contributed by atoms with E-state index in [1.807, 2.05) is 7.05 Å². The van der Waals surface area contributed by atoms with E-state index in [1.165, 1.54) is 109 Å². The predicted molar refractivity (Wildman–Crippen MR) is 223 cm³/mol. The Balaban J connectivity index is 4.26. The largest absolute Gasteiger partial charge is 0.462 e. The van der Waals surface area contributed by atoms with Crippen LogP contribution >= 0.6 is 0 Å². The molecule has 0 aromatic heterocycles. The minimum atomic E-state index is -0.786. The highest BCUT2D eigenvalue weighted by Gasteiger charge is 2.19. The number of unbranched alkanes of at least 4 members (excludes halogenated alkanes) is 22. The van der Waals surface area contributed by atoms with Crippen LogP contribution in [0, 0.1) is 0 Å². The van der Waals surface area contributed by atoms with E-state index < -0.39 is 6.10 Å². The molecule has 0 amide bonds. The standard InChI is InChI=1S/C46H85NO6/c1-5-8-10-12-14-16-18-20-22-24-26-28-30-32-34-37-44(48)51-41-43(42-52-45(49)39-36-40-47(4)7-3)53-46(50)38-35-33-31-29-27-25-23-21-19-17-15-13-11-9-6-2/h20-23,43H,5-19,24-42H2,1-4H3/b22-20-,23-21-. The van der Waals surface area contributed by atoms with Crippen LogP contribution in [0.4, 0.5) is 0 Å². The summed E-state index contributed by atoms with van der Waals surface area (Å²) < 4.78 is 16.6. The maximum atomic E-state index is 12.7. The van der Waals surface area contributed by atoms with Crippen molar-refractivity contribution >= 4 is 17.9 Å². The molecule has 1 atom stereocenters. The Morgan fingerprint density at radius 3 is 1.19 bits per heavy atom. The van der Waals surface area contributed by atoms with E-state index >= 15 is 0 Å². The molecule has 1 unspecified atom stereocenters. The highest BCUT2D eigenvalue weighted by atomic mass is 16.6. The molecule has 0 aliphatic heterocycles. The van der Waals surface area contributed by atoms with Gasteiger partial charge < -0.3 is 19.1 Å². The van der Waals surface area contributed by atoms with Crippen LogP contribution < -0.4 is 0 Å². The molecule has 0 saturated heterocycles. The van der Waals surface area contributed by atoms with Gasteiger partial charge in [0.2, 0.25) is 0 Å². The molecule has 53 heavy (non-hydrogen) atoms. The lowest BCUT2D eigenvalue weighted by atomic mass is 10.1. The van der Waals surface area contributed by atoms with E-state index in [0.29, 0.717) is 25.7 Å². The van der Waals surface area contributed by atoms with Gasteiger partial charge in [-0.2, -0.15) is 0 Å². The maximum Gasteiger partial charge on any atom is 0.306 e. The van der Waals surface area contributed by atoms with E-state index in [-0.39, 0.29) is 31.1 Å². The number of allylic oxidation sites excluding steroid dienone is 4. The topological polar surface area (TPSA) is 82.1 Å². The summed E-state index contributed by atoms with van der Waals surface area (Å²) in [4.78, 5) is 39.6. The molecular weight excluding hydrogens is 663 g/mol. The van der Waals surface area contributed by atoms with Gasteiger partial charge in [-0.15, -0.1) is 0 Å². The zero-order chi connectivity index (χ0) is 38.9. The Labute approximate surface area is 327 Å². The van der Waals surface area contributed by atoms with Crippen molar-refractivity contribution in [1.29, 1.82) is 0 Å². The quantitative estimate of drug-likeness (QED) is 0.0267. The number of hydrogen-bond donors (Lipinski definition) is 0. The van der Waals surface area contributed by atoms with Gasteiger partial charge in [0.1, 0.15) is 13.2 Å². The molecule has 0 aliphatic rings. The molecule has 0 aromatic rings. The zero-order valence-corrected chi connectivity index (χ0v) is 35.3. The van der Waals surface area contributed by atoms with Crippen LogP contribution in [-0.2, 0) is 28.6 Å². The van der Waals surface area contributed by atoms with Crippen LogP contribution in [0.3, 0.4) is 0 Å². The fourth-order valence-corrected chi connectivity index (χ4v) is 6.21. The molecule has 0 rings (SSSR count). The Kier molecular flexibility index (Phi) is 39.4. The fourth-order valence-electron chi connectivity index (χ4n) is 6.21. The second kappa shape index (κ2) is 41.0. The summed E-state index contributed by atoms with van der Waals surface area (Å²) >= 11 is 0. The van der Waals surface area contributed by atoms with Crippen LogP contribution in [0.1, 0.15) is 213 Å². The second-order valence-electron chi connectivity index (χ2n) is 15.1. The van der Waals surface area contributed by atoms with Crippen LogP contribution in [0.25, 0.3) is 0 Å². The first-order chi connectivity index (χ1) is 25.9. The van der Waals surface area contributed by atoms with Crippen molar-refractivity contribution in [3.05, 3.63) is 24.3 Å². The van der Waals surface area contributed by atoms with Crippen molar-refractivity contribution < 1.29 is 28.6 Å². The van der Waals surface area contributed by atoms with Crippen LogP contribution in [0.5, 0.6) is 0 Å². The molecular formula is C46H85NO6. The Morgan fingerprint density at radius 1 is 0.453 bits per heavy atom. The Hall–Kier alpha value is -2.15. The van der Waals surface area contributed by atoms with Crippen LogP contribution in [-0.4, -0.2) is 62.3 Å². The first-order valence-electron chi connectivity index (χ1n) is 22.4. The number of carbonyl (C=O) groups is 3. The normalized spacial score (nSPS) is 12.2. The van der Waals surface area contributed by atoms with Crippen molar-refractivity contribution in [1.82, 2.24) is 4.90 Å². The molecule has 7 heteroatoms. The van der Waals surface area contributed by atoms with Gasteiger partial charge in [-0.1, -0.05) is 148 Å². The molecule has 310 valence electrons. The third-order valence-corrected chi connectivity index (χ3v) is 9.90. The Morgan fingerprint density at radius 2 is 0.792 bits per heavy atom. The molecule has 0 N–H and O–H groups in total. The summed E-state index contributed by atoms with van der Waals surface area (Å²) in [5.41, 5.74) is 0. The highest BCUT2D eigenvalue weighted by Crippen LogP contribution is 2.13. The maximum absolute atomic E-state index is 12.7. The number of rotatable bonds is 40. The predicted octanol–water partition coefficient (Wildman–Crippen LogP) is 12.8. The SMILES string of the molecule is CCCCCCCC/C=C\CCCCCCCC(=O)OCC(COC(=O)CCCN(C)CC)OC(=O)CCCCCCC/C=C\CCCCCCCC. The third-order valence-electron chi connectivity index (χ3n) is 9.90. The summed E-state index contributed by atoms with van der Waals surface area (Å²) in [7, 11) is 2.02. The third kappa shape index (κ3) is 39.4. The Bertz CT molecular complexity index is 887. The van der Waals surface area contributed by atoms with Gasteiger partial charge >= 0.3 is 17.9 Å². The lowest BCUT2D eigenvalue weighted by Gasteiger charge is -2.18. The van der Waals surface area contributed by atoms with Gasteiger partial charge in [-0.3, -0.25) is 14.4 Å². The second-order valence-corrected chi connectivity index (χ2v) is 15.1. The number of nitrogens with zero attached hydrogens (tertiary/aromatic N) is 1. The summed E-state index contributed by atoms with van der Waals surface area (Å²) in [5.74, 6) is -0.955. The summed E-state index contributed by atoms with van der Waals surface area (Å²) in [6, 6.07) is 0. The first-order valence-corrected chi connectivity index (χ1v) is 22.4. The number of carbonyl (C=O) groups excluding carboxylic acids is 3. The van der Waals surface area contributed by atoms with E-state index in [4.69, 9.17) is 14.2 Å². The molecule has 0 heterocycles. The van der Waals surface area contributed by atoms with Crippen LogP contribution in [0.15, 0.2) is 24.3 Å². The summed E-state index contributed by atoms with van der Waals surface area (Å²) in [5, 5.41) is 0. The van der Waals surface area contributed by atoms with Crippen molar-refractivity contribution in [3.8, 4) is 0 Å². The van der Waals surface area contributed by atoms with E-state index in [9.17, 15) is 14.4 Å². The van der Waals surface area contributed by atoms with Gasteiger partial charge in [0.25, 0.3) is 0 Å². The van der Waals surface area contributed by atoms with Gasteiger partial charge in [0, 0.05) is 19.3 Å². The average molecular weight is 748 g/mol. The van der Waals surface area contributed by atoms with E-state index in [2.05, 4.69) is 50.0 Å². The first kappa shape index (κ1) is 50.9. The lowest BCUT2D eigenvalue weighted by molar-refractivity contribution is -0.167. The molecule has 0 fully saturated rings. The molecule has 0 bridgehead atoms. The highest BCUT2D eigenvalue weighted by molar-refractivity contribution is 5.71. The number of hydrogen-bond acceptors (Lipinski definition) is 7. The minimum Gasteiger partial charge on any atom is -0.462 e. The molecule has 0 spiro atoms. The lowest BCUT2D eigenvalue weighted by Crippen LogP contribution is -2.31. The molecule has 0 radical (unpaired) electrons. The smallest absolute Gasteiger partial charge is 0.306 e. The van der Waals surface area contributed by atoms with Gasteiger partial charge in [-0.05, 0) is 90.8 Å². The molecule has 0 aliphatic carbocycles. The van der Waals surface area contributed by atoms with E-state index in [0.717, 1.165) is 70.9 Å². The number of ether oxygens (including phenoxy) is 3. The summed E-state index contributed by atoms with van der Waals surface area (Å²) in [6.07, 6.45) is 41.4. The van der Waals surface area contributed by atoms with Gasteiger partial charge in [0.05, 0.1) is 0 Å². The minimum absolute atomic E-state index is 0.0894. The molecule has 7 nitrogen and oxygen atoms in total. The monoisotopic (exact) mass is 748 g/mol. The van der Waals surface area contributed by atoms with Crippen LogP contribution in [0.2, 0.25) is 0 Å². The fraction of sp³-hybridized carbons (Fsp3) is 0.848. The van der Waals surface area contributed by atoms with Crippen molar-refractivity contribution in [2.75, 3.05) is 33.4 Å². The molecule has 0 aromatic carbocycles. The van der Waals surface area contributed by atoms with Crippen molar-refractivity contribution in [3.63, 3.8) is 0 Å². The zero-order valence-electron chi connectivity index (χ0n) is 35.3. The molecule has 0 saturated carbocycles.